The first-order valence-corrected chi connectivity index (χ1v) is 13.7. The molecule has 0 amide bonds. The van der Waals surface area contributed by atoms with Gasteiger partial charge in [-0.15, -0.1) is 6.58 Å². The molecule has 0 aromatic heterocycles. The highest BCUT2D eigenvalue weighted by atomic mass is 16.5. The summed E-state index contributed by atoms with van der Waals surface area (Å²) in [7, 11) is 0. The number of unbranched alkanes of at least 4 members (excludes halogenated alkanes) is 11. The molecule has 1 rings (SSSR count). The van der Waals surface area contributed by atoms with Crippen LogP contribution in [-0.4, -0.2) is 17.3 Å². The zero-order chi connectivity index (χ0) is 23.3. The maximum atomic E-state index is 10.9. The summed E-state index contributed by atoms with van der Waals surface area (Å²) < 4.78 is 6.31. The summed E-state index contributed by atoms with van der Waals surface area (Å²) in [6.07, 6.45) is 21.5. The van der Waals surface area contributed by atoms with Crippen LogP contribution < -0.4 is 0 Å². The predicted octanol–water partition coefficient (Wildman–Crippen LogP) is 9.02. The second-order valence-electron chi connectivity index (χ2n) is 9.59. The van der Waals surface area contributed by atoms with Crippen LogP contribution in [0.3, 0.4) is 0 Å². The molecule has 3 atom stereocenters. The SMILES string of the molecule is C=CC(CCCCCC)[C@@H](O)C[C@@H](CCCCCCCCCCC)OCc1ccccc1. The largest absolute Gasteiger partial charge is 0.392 e. The smallest absolute Gasteiger partial charge is 0.0720 e. The summed E-state index contributed by atoms with van der Waals surface area (Å²) in [5.41, 5.74) is 1.21. The average Bonchev–Trinajstić information content (AvgIpc) is 2.82. The van der Waals surface area contributed by atoms with Gasteiger partial charge in [0.15, 0.2) is 0 Å². The van der Waals surface area contributed by atoms with Crippen molar-refractivity contribution in [3.05, 3.63) is 48.6 Å². The molecule has 1 unspecified atom stereocenters. The monoisotopic (exact) mass is 444 g/mol. The van der Waals surface area contributed by atoms with Gasteiger partial charge in [-0.3, -0.25) is 0 Å². The molecular weight excluding hydrogens is 392 g/mol. The number of aliphatic hydroxyl groups excluding tert-OH is 1. The zero-order valence-electron chi connectivity index (χ0n) is 21.3. The van der Waals surface area contributed by atoms with Gasteiger partial charge in [0.2, 0.25) is 0 Å². The van der Waals surface area contributed by atoms with Gasteiger partial charge in [-0.1, -0.05) is 134 Å². The molecule has 32 heavy (non-hydrogen) atoms. The van der Waals surface area contributed by atoms with Crippen molar-refractivity contribution >= 4 is 0 Å². The standard InChI is InChI=1S/C30H52O2/c1-4-7-9-11-12-13-14-15-20-24-29(32-26-27-21-17-16-18-22-27)25-30(31)28(6-3)23-19-10-8-5-2/h6,16-18,21-22,28-31H,3-5,7-15,19-20,23-26H2,1-2H3/t28?,29-,30+/m1/s1. The van der Waals surface area contributed by atoms with Crippen LogP contribution >= 0.6 is 0 Å². The first-order valence-electron chi connectivity index (χ1n) is 13.7. The van der Waals surface area contributed by atoms with Gasteiger partial charge in [-0.25, -0.2) is 0 Å². The topological polar surface area (TPSA) is 29.5 Å². The van der Waals surface area contributed by atoms with Gasteiger partial charge in [-0.2, -0.15) is 0 Å². The predicted molar refractivity (Wildman–Crippen MR) is 140 cm³/mol. The van der Waals surface area contributed by atoms with Crippen LogP contribution in [0.1, 0.15) is 122 Å². The lowest BCUT2D eigenvalue weighted by atomic mass is 9.90. The molecule has 2 heteroatoms. The van der Waals surface area contributed by atoms with Crippen LogP contribution in [0.5, 0.6) is 0 Å². The fourth-order valence-corrected chi connectivity index (χ4v) is 4.46. The van der Waals surface area contributed by atoms with E-state index in [9.17, 15) is 5.11 Å². The van der Waals surface area contributed by atoms with E-state index in [4.69, 9.17) is 4.74 Å². The molecule has 2 nitrogen and oxygen atoms in total. The van der Waals surface area contributed by atoms with E-state index in [0.717, 1.165) is 12.8 Å². The molecule has 0 aliphatic rings. The van der Waals surface area contributed by atoms with Crippen molar-refractivity contribution < 1.29 is 9.84 Å². The van der Waals surface area contributed by atoms with E-state index in [1.165, 1.54) is 89.0 Å². The molecule has 0 radical (unpaired) electrons. The van der Waals surface area contributed by atoms with Crippen LogP contribution in [0, 0.1) is 5.92 Å². The average molecular weight is 445 g/mol. The third-order valence-electron chi connectivity index (χ3n) is 6.65. The molecule has 0 bridgehead atoms. The van der Waals surface area contributed by atoms with Crippen LogP contribution in [0.15, 0.2) is 43.0 Å². The van der Waals surface area contributed by atoms with Gasteiger partial charge in [0.25, 0.3) is 0 Å². The first kappa shape index (κ1) is 28.9. The van der Waals surface area contributed by atoms with E-state index >= 15 is 0 Å². The number of rotatable bonds is 22. The highest BCUT2D eigenvalue weighted by molar-refractivity contribution is 5.13. The number of hydrogen-bond donors (Lipinski definition) is 1. The molecule has 0 saturated carbocycles. The molecule has 0 aliphatic carbocycles. The quantitative estimate of drug-likeness (QED) is 0.143. The third kappa shape index (κ3) is 14.9. The van der Waals surface area contributed by atoms with Crippen molar-refractivity contribution in [1.82, 2.24) is 0 Å². The maximum absolute atomic E-state index is 10.9. The fraction of sp³-hybridized carbons (Fsp3) is 0.733. The number of aliphatic hydroxyl groups is 1. The van der Waals surface area contributed by atoms with E-state index in [2.05, 4.69) is 44.7 Å². The van der Waals surface area contributed by atoms with Crippen LogP contribution in [0.2, 0.25) is 0 Å². The normalized spacial score (nSPS) is 14.2. The van der Waals surface area contributed by atoms with Crippen molar-refractivity contribution in [3.8, 4) is 0 Å². The third-order valence-corrected chi connectivity index (χ3v) is 6.65. The Kier molecular flexibility index (Phi) is 18.5. The molecule has 1 aromatic rings. The number of benzene rings is 1. The summed E-state index contributed by atoms with van der Waals surface area (Å²) in [5, 5.41) is 10.9. The minimum Gasteiger partial charge on any atom is -0.392 e. The van der Waals surface area contributed by atoms with Crippen LogP contribution in [0.4, 0.5) is 0 Å². The van der Waals surface area contributed by atoms with Crippen molar-refractivity contribution in [2.24, 2.45) is 5.92 Å². The molecule has 0 heterocycles. The lowest BCUT2D eigenvalue weighted by molar-refractivity contribution is -0.0122. The summed E-state index contributed by atoms with van der Waals surface area (Å²) >= 11 is 0. The molecule has 0 fully saturated rings. The molecule has 0 aliphatic heterocycles. The van der Waals surface area contributed by atoms with E-state index in [1.54, 1.807) is 0 Å². The van der Waals surface area contributed by atoms with Crippen molar-refractivity contribution in [2.75, 3.05) is 0 Å². The number of ether oxygens (including phenoxy) is 1. The van der Waals surface area contributed by atoms with Gasteiger partial charge in [0.1, 0.15) is 0 Å². The maximum Gasteiger partial charge on any atom is 0.0720 e. The Balaban J connectivity index is 2.42. The Labute approximate surface area is 199 Å². The van der Waals surface area contributed by atoms with Gasteiger partial charge in [0.05, 0.1) is 18.8 Å². The molecule has 1 N–H and O–H groups in total. The van der Waals surface area contributed by atoms with Gasteiger partial charge >= 0.3 is 0 Å². The summed E-state index contributed by atoms with van der Waals surface area (Å²) in [4.78, 5) is 0. The molecular formula is C30H52O2. The highest BCUT2D eigenvalue weighted by Crippen LogP contribution is 2.23. The summed E-state index contributed by atoms with van der Waals surface area (Å²) in [6, 6.07) is 10.4. The van der Waals surface area contributed by atoms with Gasteiger partial charge < -0.3 is 9.84 Å². The molecule has 1 aromatic carbocycles. The highest BCUT2D eigenvalue weighted by Gasteiger charge is 2.21. The Bertz CT molecular complexity index is 527. The van der Waals surface area contributed by atoms with Crippen LogP contribution in [-0.2, 0) is 11.3 Å². The minimum absolute atomic E-state index is 0.118. The van der Waals surface area contributed by atoms with Crippen molar-refractivity contribution in [2.45, 2.75) is 135 Å². The van der Waals surface area contributed by atoms with Gasteiger partial charge in [-0.05, 0) is 18.4 Å². The number of hydrogen-bond acceptors (Lipinski definition) is 2. The lowest BCUT2D eigenvalue weighted by Gasteiger charge is -2.25. The Morgan fingerprint density at radius 1 is 0.781 bits per heavy atom. The first-order chi connectivity index (χ1) is 15.7. The van der Waals surface area contributed by atoms with E-state index in [0.29, 0.717) is 13.0 Å². The molecule has 0 saturated heterocycles. The molecule has 0 spiro atoms. The summed E-state index contributed by atoms with van der Waals surface area (Å²) in [5.74, 6) is 0.179. The molecule has 184 valence electrons. The van der Waals surface area contributed by atoms with E-state index in [1.807, 2.05) is 12.1 Å². The van der Waals surface area contributed by atoms with E-state index < -0.39 is 0 Å². The minimum atomic E-state index is -0.353. The summed E-state index contributed by atoms with van der Waals surface area (Å²) in [6.45, 7) is 9.15. The van der Waals surface area contributed by atoms with Gasteiger partial charge in [0, 0.05) is 12.3 Å². The zero-order valence-corrected chi connectivity index (χ0v) is 21.3. The fourth-order valence-electron chi connectivity index (χ4n) is 4.46. The Hall–Kier alpha value is -1.12. The van der Waals surface area contributed by atoms with Crippen molar-refractivity contribution in [1.29, 1.82) is 0 Å². The Morgan fingerprint density at radius 3 is 1.91 bits per heavy atom. The lowest BCUT2D eigenvalue weighted by Crippen LogP contribution is -2.26. The second kappa shape index (κ2) is 20.5. The Morgan fingerprint density at radius 2 is 1.31 bits per heavy atom. The second-order valence-corrected chi connectivity index (χ2v) is 9.59. The van der Waals surface area contributed by atoms with Crippen molar-refractivity contribution in [3.63, 3.8) is 0 Å². The van der Waals surface area contributed by atoms with Crippen LogP contribution in [0.25, 0.3) is 0 Å². The van der Waals surface area contributed by atoms with E-state index in [-0.39, 0.29) is 18.1 Å².